The second-order valence-corrected chi connectivity index (χ2v) is 5.53. The number of hydrogen-bond donors (Lipinski definition) is 2. The molecule has 0 saturated heterocycles. The van der Waals surface area contributed by atoms with E-state index in [-0.39, 0.29) is 0 Å². The van der Waals surface area contributed by atoms with Crippen LogP contribution in [0.4, 0.5) is 5.95 Å². The number of nitrogens with zero attached hydrogens (tertiary/aromatic N) is 3. The maximum atomic E-state index is 12.1. The predicted molar refractivity (Wildman–Crippen MR) is 92.5 cm³/mol. The molecule has 3 N–H and O–H groups in total. The number of anilines is 1. The zero-order valence-electron chi connectivity index (χ0n) is 14.4. The maximum absolute atomic E-state index is 12.1. The number of allylic oxidation sites excluding steroid dienone is 1. The summed E-state index contributed by atoms with van der Waals surface area (Å²) in [6, 6.07) is 5.08. The van der Waals surface area contributed by atoms with Gasteiger partial charge in [-0.2, -0.15) is 10.1 Å². The number of fused-ring (bicyclic) bond motifs is 1. The first-order chi connectivity index (χ1) is 12.1. The smallest absolute Gasteiger partial charge is 0.248 e. The van der Waals surface area contributed by atoms with Gasteiger partial charge in [0.05, 0.1) is 18.8 Å². The van der Waals surface area contributed by atoms with Crippen LogP contribution in [0.25, 0.3) is 0 Å². The molecule has 3 rings (SSSR count). The summed E-state index contributed by atoms with van der Waals surface area (Å²) in [4.78, 5) is 16.2. The van der Waals surface area contributed by atoms with Crippen molar-refractivity contribution in [3.63, 3.8) is 0 Å². The number of carbonyl (C=O) groups is 1. The van der Waals surface area contributed by atoms with Crippen molar-refractivity contribution >= 4 is 11.9 Å². The average molecular weight is 343 g/mol. The van der Waals surface area contributed by atoms with E-state index in [0.717, 1.165) is 5.56 Å². The Morgan fingerprint density at radius 2 is 2.00 bits per heavy atom. The highest BCUT2D eigenvalue weighted by molar-refractivity contribution is 5.95. The number of rotatable bonds is 6. The van der Waals surface area contributed by atoms with Gasteiger partial charge in [-0.3, -0.25) is 4.79 Å². The van der Waals surface area contributed by atoms with Crippen molar-refractivity contribution < 1.29 is 14.3 Å². The van der Waals surface area contributed by atoms with Crippen LogP contribution in [-0.2, 0) is 4.79 Å². The molecule has 0 bridgehead atoms. The number of carbonyl (C=O) groups excluding carboxylic acids is 1. The van der Waals surface area contributed by atoms with E-state index in [1.807, 2.05) is 32.0 Å². The van der Waals surface area contributed by atoms with E-state index in [1.54, 1.807) is 11.6 Å². The van der Waals surface area contributed by atoms with Gasteiger partial charge in [-0.25, -0.2) is 4.68 Å². The van der Waals surface area contributed by atoms with Gasteiger partial charge in [0.25, 0.3) is 0 Å². The van der Waals surface area contributed by atoms with Crippen LogP contribution in [0.5, 0.6) is 11.5 Å². The minimum absolute atomic E-state index is 0.435. The molecule has 2 aromatic rings. The predicted octanol–water partition coefficient (Wildman–Crippen LogP) is 1.85. The molecular weight excluding hydrogens is 322 g/mol. The zero-order chi connectivity index (χ0) is 18.0. The van der Waals surface area contributed by atoms with Crippen molar-refractivity contribution in [2.45, 2.75) is 26.8 Å². The molecule has 0 spiro atoms. The van der Waals surface area contributed by atoms with E-state index in [4.69, 9.17) is 15.2 Å². The molecule has 25 heavy (non-hydrogen) atoms. The number of primary amides is 1. The first kappa shape index (κ1) is 16.8. The minimum Gasteiger partial charge on any atom is -0.490 e. The normalized spacial score (nSPS) is 16.2. The monoisotopic (exact) mass is 343 g/mol. The summed E-state index contributed by atoms with van der Waals surface area (Å²) >= 11 is 0. The molecule has 132 valence electrons. The molecule has 1 aliphatic heterocycles. The van der Waals surface area contributed by atoms with Gasteiger partial charge in [-0.1, -0.05) is 6.07 Å². The molecule has 1 aromatic carbocycles. The largest absolute Gasteiger partial charge is 0.490 e. The lowest BCUT2D eigenvalue weighted by atomic mass is 9.95. The summed E-state index contributed by atoms with van der Waals surface area (Å²) < 4.78 is 12.9. The van der Waals surface area contributed by atoms with Crippen molar-refractivity contribution in [3.05, 3.63) is 41.4 Å². The summed E-state index contributed by atoms with van der Waals surface area (Å²) in [6.07, 6.45) is 1.44. The number of nitrogens with one attached hydrogen (secondary N) is 1. The van der Waals surface area contributed by atoms with Crippen LogP contribution in [0.3, 0.4) is 0 Å². The molecule has 1 aliphatic rings. The summed E-state index contributed by atoms with van der Waals surface area (Å²) in [6.45, 7) is 6.65. The molecule has 0 saturated carbocycles. The van der Waals surface area contributed by atoms with Crippen LogP contribution in [-0.4, -0.2) is 33.9 Å². The molecule has 8 nitrogen and oxygen atoms in total. The van der Waals surface area contributed by atoms with Gasteiger partial charge in [-0.05, 0) is 38.5 Å². The molecule has 0 radical (unpaired) electrons. The van der Waals surface area contributed by atoms with Gasteiger partial charge in [0.2, 0.25) is 11.9 Å². The lowest BCUT2D eigenvalue weighted by Gasteiger charge is -2.28. The number of benzene rings is 1. The SMILES string of the molecule is CCOc1ccc([C@H]2C(C(N)=O)=C(C)Nc3ncnn32)cc1OCC. The summed E-state index contributed by atoms with van der Waals surface area (Å²) in [5.74, 6) is 1.31. The van der Waals surface area contributed by atoms with Gasteiger partial charge in [0.15, 0.2) is 11.5 Å². The van der Waals surface area contributed by atoms with Gasteiger partial charge < -0.3 is 20.5 Å². The van der Waals surface area contributed by atoms with E-state index >= 15 is 0 Å². The van der Waals surface area contributed by atoms with Crippen LogP contribution >= 0.6 is 0 Å². The molecule has 0 unspecified atom stereocenters. The van der Waals surface area contributed by atoms with Crippen molar-refractivity contribution in [2.75, 3.05) is 18.5 Å². The van der Waals surface area contributed by atoms with Crippen molar-refractivity contribution in [2.24, 2.45) is 5.73 Å². The Hall–Kier alpha value is -3.03. The third kappa shape index (κ3) is 3.02. The number of ether oxygens (including phenoxy) is 2. The fraction of sp³-hybridized carbons (Fsp3) is 0.353. The zero-order valence-corrected chi connectivity index (χ0v) is 14.4. The number of hydrogen-bond acceptors (Lipinski definition) is 6. The average Bonchev–Trinajstić information content (AvgIpc) is 3.03. The molecule has 2 heterocycles. The lowest BCUT2D eigenvalue weighted by molar-refractivity contribution is -0.115. The van der Waals surface area contributed by atoms with Crippen molar-refractivity contribution in [1.29, 1.82) is 0 Å². The Kier molecular flexibility index (Phi) is 4.60. The molecule has 0 aliphatic carbocycles. The highest BCUT2D eigenvalue weighted by Crippen LogP contribution is 2.38. The second kappa shape index (κ2) is 6.84. The van der Waals surface area contributed by atoms with Crippen LogP contribution in [0.2, 0.25) is 0 Å². The molecule has 1 atom stereocenters. The summed E-state index contributed by atoms with van der Waals surface area (Å²) in [5, 5.41) is 7.30. The van der Waals surface area contributed by atoms with Gasteiger partial charge in [0, 0.05) is 5.70 Å². The Morgan fingerprint density at radius 1 is 1.28 bits per heavy atom. The van der Waals surface area contributed by atoms with Crippen LogP contribution < -0.4 is 20.5 Å². The Morgan fingerprint density at radius 3 is 2.68 bits per heavy atom. The quantitative estimate of drug-likeness (QED) is 0.829. The number of nitrogens with two attached hydrogens (primary N) is 1. The molecule has 8 heteroatoms. The molecule has 0 fully saturated rings. The van der Waals surface area contributed by atoms with E-state index < -0.39 is 11.9 Å². The molecular formula is C17H21N5O3. The van der Waals surface area contributed by atoms with Gasteiger partial charge in [0.1, 0.15) is 12.4 Å². The fourth-order valence-electron chi connectivity index (χ4n) is 2.96. The Bertz CT molecular complexity index is 827. The second-order valence-electron chi connectivity index (χ2n) is 5.53. The highest BCUT2D eigenvalue weighted by Gasteiger charge is 2.32. The van der Waals surface area contributed by atoms with Crippen LogP contribution in [0.1, 0.15) is 32.4 Å². The third-order valence-electron chi connectivity index (χ3n) is 3.94. The van der Waals surface area contributed by atoms with Crippen LogP contribution in [0.15, 0.2) is 35.8 Å². The molecule has 1 amide bonds. The van der Waals surface area contributed by atoms with Crippen LogP contribution in [0, 0.1) is 0 Å². The van der Waals surface area contributed by atoms with E-state index in [2.05, 4.69) is 15.4 Å². The maximum Gasteiger partial charge on any atom is 0.248 e. The number of aromatic nitrogens is 3. The minimum atomic E-state index is -0.511. The van der Waals surface area contributed by atoms with Crippen molar-refractivity contribution in [1.82, 2.24) is 14.8 Å². The standard InChI is InChI=1S/C17H21N5O3/c1-4-24-12-7-6-11(8-13(12)25-5-2)15-14(16(18)23)10(3)21-17-19-9-20-22(15)17/h6-9,15H,4-5H2,1-3H3,(H2,18,23)(H,19,20,21)/t15-/m0/s1. The number of amides is 1. The Labute approximate surface area is 145 Å². The van der Waals surface area contributed by atoms with E-state index in [9.17, 15) is 4.79 Å². The summed E-state index contributed by atoms with van der Waals surface area (Å²) in [7, 11) is 0. The van der Waals surface area contributed by atoms with Gasteiger partial charge in [-0.15, -0.1) is 0 Å². The van der Waals surface area contributed by atoms with E-state index in [1.165, 1.54) is 6.33 Å². The fourth-order valence-corrected chi connectivity index (χ4v) is 2.96. The summed E-state index contributed by atoms with van der Waals surface area (Å²) in [5.41, 5.74) is 7.54. The third-order valence-corrected chi connectivity index (χ3v) is 3.94. The van der Waals surface area contributed by atoms with E-state index in [0.29, 0.717) is 41.9 Å². The lowest BCUT2D eigenvalue weighted by Crippen LogP contribution is -2.31. The topological polar surface area (TPSA) is 104 Å². The Balaban J connectivity index is 2.13. The van der Waals surface area contributed by atoms with Gasteiger partial charge >= 0.3 is 0 Å². The first-order valence-corrected chi connectivity index (χ1v) is 8.13. The molecule has 1 aromatic heterocycles. The first-order valence-electron chi connectivity index (χ1n) is 8.13. The van der Waals surface area contributed by atoms with Crippen molar-refractivity contribution in [3.8, 4) is 11.5 Å². The highest BCUT2D eigenvalue weighted by atomic mass is 16.5.